The van der Waals surface area contributed by atoms with Crippen LogP contribution in [0.5, 0.6) is 0 Å². The van der Waals surface area contributed by atoms with Crippen LogP contribution in [0, 0.1) is 0 Å². The molecule has 26 heavy (non-hydrogen) atoms. The van der Waals surface area contributed by atoms with Gasteiger partial charge in [0, 0.05) is 12.6 Å². The lowest BCUT2D eigenvalue weighted by molar-refractivity contribution is 0.0935. The molecule has 136 valence electrons. The molecular formula is C18H18Cl2N4O2. The van der Waals surface area contributed by atoms with E-state index in [1.54, 1.807) is 18.2 Å². The third-order valence-corrected chi connectivity index (χ3v) is 5.28. The number of aromatic nitrogens is 2. The molecule has 1 fully saturated rings. The fourth-order valence-electron chi connectivity index (χ4n) is 3.17. The number of anilines is 1. The van der Waals surface area contributed by atoms with Crippen LogP contribution >= 0.6 is 23.2 Å². The topological polar surface area (TPSA) is 76.0 Å². The summed E-state index contributed by atoms with van der Waals surface area (Å²) in [6.45, 7) is 0.690. The summed E-state index contributed by atoms with van der Waals surface area (Å²) in [4.78, 5) is 29.7. The van der Waals surface area contributed by atoms with Crippen molar-refractivity contribution in [3.63, 3.8) is 0 Å². The lowest BCUT2D eigenvalue weighted by atomic mass is 10.1. The van der Waals surface area contributed by atoms with Gasteiger partial charge in [0.05, 0.1) is 21.4 Å². The molecule has 2 amide bonds. The second kappa shape index (κ2) is 6.93. The van der Waals surface area contributed by atoms with Crippen LogP contribution in [0.15, 0.2) is 18.2 Å². The van der Waals surface area contributed by atoms with E-state index >= 15 is 0 Å². The van der Waals surface area contributed by atoms with Gasteiger partial charge >= 0.3 is 0 Å². The van der Waals surface area contributed by atoms with E-state index in [-0.39, 0.29) is 17.6 Å². The van der Waals surface area contributed by atoms with Crippen molar-refractivity contribution in [3.05, 3.63) is 45.5 Å². The van der Waals surface area contributed by atoms with Gasteiger partial charge in [0.2, 0.25) is 0 Å². The molecule has 1 aromatic heterocycles. The highest BCUT2D eigenvalue weighted by atomic mass is 35.5. The first-order valence-electron chi connectivity index (χ1n) is 8.70. The Balaban J connectivity index is 1.66. The standard InChI is InChI=1S/C18H18Cl2N4O2/c19-11-4-3-5-12(20)14(11)23-17(25)15-13-6-1-2-9-24(13)16(22-15)18(26)21-10-7-8-10/h3-5,10H,1-2,6-9H2,(H,21,26)(H,23,25). The number of imidazole rings is 1. The van der Waals surface area contributed by atoms with Crippen molar-refractivity contribution >= 4 is 40.7 Å². The normalized spacial score (nSPS) is 16.1. The molecule has 0 unspecified atom stereocenters. The highest BCUT2D eigenvalue weighted by Crippen LogP contribution is 2.31. The van der Waals surface area contributed by atoms with E-state index < -0.39 is 5.91 Å². The Bertz CT molecular complexity index is 869. The fourth-order valence-corrected chi connectivity index (χ4v) is 3.66. The molecule has 2 aliphatic rings. The van der Waals surface area contributed by atoms with Gasteiger partial charge in [0.25, 0.3) is 11.8 Å². The summed E-state index contributed by atoms with van der Waals surface area (Å²) in [5.41, 5.74) is 1.40. The molecule has 6 nitrogen and oxygen atoms in total. The van der Waals surface area contributed by atoms with Crippen LogP contribution in [0.25, 0.3) is 0 Å². The molecular weight excluding hydrogens is 375 g/mol. The van der Waals surface area contributed by atoms with E-state index in [0.29, 0.717) is 34.5 Å². The van der Waals surface area contributed by atoms with Crippen molar-refractivity contribution in [1.29, 1.82) is 0 Å². The van der Waals surface area contributed by atoms with Crippen molar-refractivity contribution in [3.8, 4) is 0 Å². The second-order valence-corrected chi connectivity index (χ2v) is 7.45. The van der Waals surface area contributed by atoms with Crippen LogP contribution in [-0.2, 0) is 13.0 Å². The maximum absolute atomic E-state index is 12.8. The van der Waals surface area contributed by atoms with Crippen LogP contribution < -0.4 is 10.6 Å². The molecule has 1 aliphatic carbocycles. The Morgan fingerprint density at radius 2 is 1.85 bits per heavy atom. The predicted molar refractivity (Wildman–Crippen MR) is 100 cm³/mol. The van der Waals surface area contributed by atoms with Crippen LogP contribution in [-0.4, -0.2) is 27.4 Å². The molecule has 8 heteroatoms. The third-order valence-electron chi connectivity index (χ3n) is 4.65. The quantitative estimate of drug-likeness (QED) is 0.832. The van der Waals surface area contributed by atoms with Gasteiger partial charge in [0.15, 0.2) is 11.5 Å². The van der Waals surface area contributed by atoms with Crippen molar-refractivity contribution in [2.45, 2.75) is 44.7 Å². The van der Waals surface area contributed by atoms with E-state index in [2.05, 4.69) is 15.6 Å². The van der Waals surface area contributed by atoms with Gasteiger partial charge in [-0.3, -0.25) is 9.59 Å². The van der Waals surface area contributed by atoms with E-state index in [0.717, 1.165) is 31.4 Å². The van der Waals surface area contributed by atoms with E-state index in [4.69, 9.17) is 23.2 Å². The van der Waals surface area contributed by atoms with Crippen LogP contribution in [0.2, 0.25) is 10.0 Å². The first-order valence-corrected chi connectivity index (χ1v) is 9.46. The number of hydrogen-bond donors (Lipinski definition) is 2. The molecule has 2 N–H and O–H groups in total. The van der Waals surface area contributed by atoms with Gasteiger partial charge in [-0.25, -0.2) is 4.98 Å². The van der Waals surface area contributed by atoms with E-state index in [9.17, 15) is 9.59 Å². The number of halogens is 2. The maximum Gasteiger partial charge on any atom is 0.287 e. The zero-order valence-electron chi connectivity index (χ0n) is 14.0. The second-order valence-electron chi connectivity index (χ2n) is 6.64. The Morgan fingerprint density at radius 3 is 2.54 bits per heavy atom. The highest BCUT2D eigenvalue weighted by molar-refractivity contribution is 6.40. The number of carbonyl (C=O) groups is 2. The summed E-state index contributed by atoms with van der Waals surface area (Å²) in [5, 5.41) is 6.39. The summed E-state index contributed by atoms with van der Waals surface area (Å²) >= 11 is 12.3. The van der Waals surface area contributed by atoms with Crippen molar-refractivity contribution < 1.29 is 9.59 Å². The Hall–Kier alpha value is -2.05. The fraction of sp³-hybridized carbons (Fsp3) is 0.389. The molecule has 0 radical (unpaired) electrons. The molecule has 0 spiro atoms. The molecule has 1 aliphatic heterocycles. The minimum absolute atomic E-state index is 0.217. The van der Waals surface area contributed by atoms with Crippen molar-refractivity contribution in [2.24, 2.45) is 0 Å². The van der Waals surface area contributed by atoms with Gasteiger partial charge < -0.3 is 15.2 Å². The first kappa shape index (κ1) is 17.4. The van der Waals surface area contributed by atoms with Gasteiger partial charge in [-0.15, -0.1) is 0 Å². The highest BCUT2D eigenvalue weighted by Gasteiger charge is 2.31. The molecule has 0 atom stereocenters. The van der Waals surface area contributed by atoms with Crippen LogP contribution in [0.4, 0.5) is 5.69 Å². The number of hydrogen-bond acceptors (Lipinski definition) is 3. The average molecular weight is 393 g/mol. The Kier molecular flexibility index (Phi) is 4.63. The van der Waals surface area contributed by atoms with Gasteiger partial charge in [-0.05, 0) is 44.2 Å². The number of rotatable bonds is 4. The number of carbonyl (C=O) groups excluding carboxylic acids is 2. The maximum atomic E-state index is 12.8. The molecule has 0 bridgehead atoms. The van der Waals surface area contributed by atoms with E-state index in [1.807, 2.05) is 4.57 Å². The van der Waals surface area contributed by atoms with Crippen molar-refractivity contribution in [1.82, 2.24) is 14.9 Å². The minimum atomic E-state index is -0.406. The largest absolute Gasteiger partial charge is 0.347 e. The summed E-state index contributed by atoms with van der Waals surface area (Å²) < 4.78 is 1.87. The lowest BCUT2D eigenvalue weighted by Gasteiger charge is -2.17. The number of nitrogens with one attached hydrogen (secondary N) is 2. The smallest absolute Gasteiger partial charge is 0.287 e. The first-order chi connectivity index (χ1) is 12.5. The van der Waals surface area contributed by atoms with Crippen LogP contribution in [0.3, 0.4) is 0 Å². The lowest BCUT2D eigenvalue weighted by Crippen LogP contribution is -2.29. The molecule has 1 saturated carbocycles. The van der Waals surface area contributed by atoms with Gasteiger partial charge in [0.1, 0.15) is 0 Å². The van der Waals surface area contributed by atoms with Gasteiger partial charge in [-0.1, -0.05) is 29.3 Å². The SMILES string of the molecule is O=C(Nc1c(Cl)cccc1Cl)c1nc(C(=O)NC2CC2)n2c1CCCC2. The summed E-state index contributed by atoms with van der Waals surface area (Å²) in [5.74, 6) is -0.316. The number of nitrogens with zero attached hydrogens (tertiary/aromatic N) is 2. The average Bonchev–Trinajstić information content (AvgIpc) is 3.35. The Morgan fingerprint density at radius 1 is 1.12 bits per heavy atom. The molecule has 2 heterocycles. The zero-order chi connectivity index (χ0) is 18.3. The molecule has 2 aromatic rings. The summed E-state index contributed by atoms with van der Waals surface area (Å²) in [6.07, 6.45) is 4.63. The Labute approximate surface area is 160 Å². The number of fused-ring (bicyclic) bond motifs is 1. The molecule has 0 saturated heterocycles. The number of benzene rings is 1. The van der Waals surface area contributed by atoms with Crippen molar-refractivity contribution in [2.75, 3.05) is 5.32 Å². The predicted octanol–water partition coefficient (Wildman–Crippen LogP) is 3.67. The molecule has 1 aromatic carbocycles. The van der Waals surface area contributed by atoms with Crippen LogP contribution in [0.1, 0.15) is 52.5 Å². The van der Waals surface area contributed by atoms with Gasteiger partial charge in [-0.2, -0.15) is 0 Å². The van der Waals surface area contributed by atoms with E-state index in [1.165, 1.54) is 0 Å². The zero-order valence-corrected chi connectivity index (χ0v) is 15.5. The minimum Gasteiger partial charge on any atom is -0.347 e. The third kappa shape index (κ3) is 3.31. The number of para-hydroxylation sites is 1. The number of amides is 2. The summed E-state index contributed by atoms with van der Waals surface area (Å²) in [7, 11) is 0. The monoisotopic (exact) mass is 392 g/mol. The summed E-state index contributed by atoms with van der Waals surface area (Å²) in [6, 6.07) is 5.25. The molecule has 4 rings (SSSR count).